The van der Waals surface area contributed by atoms with Crippen molar-refractivity contribution in [2.24, 2.45) is 0 Å². The molecule has 0 aliphatic rings. The number of hydrogen-bond acceptors (Lipinski definition) is 4. The van der Waals surface area contributed by atoms with Gasteiger partial charge in [-0.3, -0.25) is 9.69 Å². The van der Waals surface area contributed by atoms with Crippen molar-refractivity contribution >= 4 is 5.97 Å². The minimum absolute atomic E-state index is 0.0306. The quantitative estimate of drug-likeness (QED) is 0.671. The summed E-state index contributed by atoms with van der Waals surface area (Å²) < 4.78 is 0. The van der Waals surface area contributed by atoms with Gasteiger partial charge in [0, 0.05) is 24.2 Å². The number of hydrogen-bond donors (Lipinski definition) is 3. The summed E-state index contributed by atoms with van der Waals surface area (Å²) in [5.41, 5.74) is 0.566. The second-order valence-electron chi connectivity index (χ2n) is 4.03. The first-order valence-electron chi connectivity index (χ1n) is 5.54. The van der Waals surface area contributed by atoms with E-state index in [1.54, 1.807) is 24.0 Å². The fraction of sp³-hybridized carbons (Fsp3) is 0.308. The van der Waals surface area contributed by atoms with E-state index in [-0.39, 0.29) is 24.1 Å². The molecule has 0 radical (unpaired) electrons. The molecule has 1 aromatic rings. The molecule has 1 aromatic carbocycles. The largest absolute Gasteiger partial charge is 0.508 e. The Bertz CT molecular complexity index is 445. The molecule has 3 N–H and O–H groups in total. The van der Waals surface area contributed by atoms with Gasteiger partial charge < -0.3 is 15.3 Å². The van der Waals surface area contributed by atoms with E-state index in [0.29, 0.717) is 12.1 Å². The molecule has 0 aliphatic carbocycles. The molecule has 0 saturated carbocycles. The van der Waals surface area contributed by atoms with Crippen LogP contribution in [0.15, 0.2) is 30.9 Å². The SMILES string of the molecule is C=CCN(CC(=O)O)C(C)c1ccc(O)cc1O. The van der Waals surface area contributed by atoms with Gasteiger partial charge in [0.2, 0.25) is 0 Å². The van der Waals surface area contributed by atoms with Crippen LogP contribution in [0.2, 0.25) is 0 Å². The van der Waals surface area contributed by atoms with Gasteiger partial charge in [-0.15, -0.1) is 6.58 Å². The predicted octanol–water partition coefficient (Wildman–Crippen LogP) is 1.73. The Morgan fingerprint density at radius 2 is 2.17 bits per heavy atom. The summed E-state index contributed by atoms with van der Waals surface area (Å²) in [5, 5.41) is 27.8. The van der Waals surface area contributed by atoms with Crippen molar-refractivity contribution in [1.29, 1.82) is 0 Å². The van der Waals surface area contributed by atoms with Crippen LogP contribution in [0, 0.1) is 0 Å². The lowest BCUT2D eigenvalue weighted by molar-refractivity contribution is -0.138. The highest BCUT2D eigenvalue weighted by molar-refractivity contribution is 5.69. The molecular formula is C13H17NO4. The summed E-state index contributed by atoms with van der Waals surface area (Å²) >= 11 is 0. The second kappa shape index (κ2) is 6.07. The Labute approximate surface area is 106 Å². The molecule has 0 aliphatic heterocycles. The van der Waals surface area contributed by atoms with Crippen molar-refractivity contribution < 1.29 is 20.1 Å². The van der Waals surface area contributed by atoms with Gasteiger partial charge in [-0.2, -0.15) is 0 Å². The molecule has 0 bridgehead atoms. The van der Waals surface area contributed by atoms with E-state index in [4.69, 9.17) is 5.11 Å². The lowest BCUT2D eigenvalue weighted by atomic mass is 10.1. The smallest absolute Gasteiger partial charge is 0.317 e. The van der Waals surface area contributed by atoms with Crippen LogP contribution in [0.5, 0.6) is 11.5 Å². The van der Waals surface area contributed by atoms with Crippen LogP contribution < -0.4 is 0 Å². The van der Waals surface area contributed by atoms with Gasteiger partial charge in [0.15, 0.2) is 0 Å². The zero-order chi connectivity index (χ0) is 13.7. The predicted molar refractivity (Wildman–Crippen MR) is 67.6 cm³/mol. The molecule has 0 amide bonds. The average molecular weight is 251 g/mol. The van der Waals surface area contributed by atoms with Gasteiger partial charge in [-0.05, 0) is 13.0 Å². The topological polar surface area (TPSA) is 81.0 Å². The van der Waals surface area contributed by atoms with Gasteiger partial charge in [-0.1, -0.05) is 12.1 Å². The van der Waals surface area contributed by atoms with Gasteiger partial charge >= 0.3 is 5.97 Å². The monoisotopic (exact) mass is 251 g/mol. The molecule has 0 saturated heterocycles. The summed E-state index contributed by atoms with van der Waals surface area (Å²) in [6.45, 7) is 5.62. The van der Waals surface area contributed by atoms with Gasteiger partial charge in [0.25, 0.3) is 0 Å². The number of carboxylic acids is 1. The van der Waals surface area contributed by atoms with Crippen LogP contribution in [-0.4, -0.2) is 39.3 Å². The molecule has 5 nitrogen and oxygen atoms in total. The van der Waals surface area contributed by atoms with E-state index < -0.39 is 5.97 Å². The zero-order valence-corrected chi connectivity index (χ0v) is 10.2. The fourth-order valence-electron chi connectivity index (χ4n) is 1.78. The minimum atomic E-state index is -0.943. The van der Waals surface area contributed by atoms with Crippen LogP contribution >= 0.6 is 0 Å². The maximum Gasteiger partial charge on any atom is 0.317 e. The maximum atomic E-state index is 10.8. The Morgan fingerprint density at radius 1 is 1.50 bits per heavy atom. The number of phenolic OH excluding ortho intramolecular Hbond substituents is 2. The average Bonchev–Trinajstić information content (AvgIpc) is 2.27. The molecule has 1 atom stereocenters. The number of rotatable bonds is 6. The van der Waals surface area contributed by atoms with Crippen molar-refractivity contribution in [2.45, 2.75) is 13.0 Å². The Hall–Kier alpha value is -2.01. The van der Waals surface area contributed by atoms with E-state index in [2.05, 4.69) is 6.58 Å². The van der Waals surface area contributed by atoms with Crippen molar-refractivity contribution in [3.05, 3.63) is 36.4 Å². The van der Waals surface area contributed by atoms with E-state index in [9.17, 15) is 15.0 Å². The number of phenols is 2. The van der Waals surface area contributed by atoms with Crippen LogP contribution in [0.4, 0.5) is 0 Å². The Balaban J connectivity index is 2.96. The molecule has 98 valence electrons. The van der Waals surface area contributed by atoms with Gasteiger partial charge in [0.05, 0.1) is 6.54 Å². The molecule has 1 unspecified atom stereocenters. The summed E-state index contributed by atoms with van der Waals surface area (Å²) in [5.74, 6) is -1.03. The fourth-order valence-corrected chi connectivity index (χ4v) is 1.78. The second-order valence-corrected chi connectivity index (χ2v) is 4.03. The molecule has 0 spiro atoms. The first-order chi connectivity index (χ1) is 8.45. The van der Waals surface area contributed by atoms with Crippen LogP contribution in [0.25, 0.3) is 0 Å². The third kappa shape index (κ3) is 3.49. The molecule has 18 heavy (non-hydrogen) atoms. The third-order valence-electron chi connectivity index (χ3n) is 2.71. The van der Waals surface area contributed by atoms with Crippen LogP contribution in [0.1, 0.15) is 18.5 Å². The molecular weight excluding hydrogens is 234 g/mol. The molecule has 0 fully saturated rings. The van der Waals surface area contributed by atoms with E-state index >= 15 is 0 Å². The van der Waals surface area contributed by atoms with Crippen molar-refractivity contribution in [3.8, 4) is 11.5 Å². The summed E-state index contributed by atoms with van der Waals surface area (Å²) in [6, 6.07) is 3.98. The van der Waals surface area contributed by atoms with E-state index in [1.165, 1.54) is 12.1 Å². The highest BCUT2D eigenvalue weighted by Crippen LogP contribution is 2.30. The van der Waals surface area contributed by atoms with E-state index in [1.807, 2.05) is 0 Å². The summed E-state index contributed by atoms with van der Waals surface area (Å²) in [7, 11) is 0. The van der Waals surface area contributed by atoms with E-state index in [0.717, 1.165) is 0 Å². The lowest BCUT2D eigenvalue weighted by Gasteiger charge is -2.27. The Kier molecular flexibility index (Phi) is 4.74. The van der Waals surface area contributed by atoms with Crippen molar-refractivity contribution in [1.82, 2.24) is 4.90 Å². The summed E-state index contributed by atoms with van der Waals surface area (Å²) in [6.07, 6.45) is 1.61. The molecule has 0 heterocycles. The highest BCUT2D eigenvalue weighted by atomic mass is 16.4. The van der Waals surface area contributed by atoms with Crippen molar-refractivity contribution in [2.75, 3.05) is 13.1 Å². The van der Waals surface area contributed by atoms with Crippen LogP contribution in [0.3, 0.4) is 0 Å². The number of carbonyl (C=O) groups is 1. The minimum Gasteiger partial charge on any atom is -0.508 e. The number of nitrogens with zero attached hydrogens (tertiary/aromatic N) is 1. The molecule has 0 aromatic heterocycles. The number of carboxylic acid groups (broad SMARTS) is 1. The first kappa shape index (κ1) is 14.1. The van der Waals surface area contributed by atoms with Crippen LogP contribution in [-0.2, 0) is 4.79 Å². The highest BCUT2D eigenvalue weighted by Gasteiger charge is 2.20. The normalized spacial score (nSPS) is 12.3. The standard InChI is InChI=1S/C13H17NO4/c1-3-6-14(8-13(17)18)9(2)11-5-4-10(15)7-12(11)16/h3-5,7,9,15-16H,1,6,8H2,2H3,(H,17,18). The third-order valence-corrected chi connectivity index (χ3v) is 2.71. The number of aliphatic carboxylic acids is 1. The summed E-state index contributed by atoms with van der Waals surface area (Å²) in [4.78, 5) is 12.4. The van der Waals surface area contributed by atoms with Gasteiger partial charge in [0.1, 0.15) is 11.5 Å². The number of benzene rings is 1. The van der Waals surface area contributed by atoms with Crippen molar-refractivity contribution in [3.63, 3.8) is 0 Å². The lowest BCUT2D eigenvalue weighted by Crippen LogP contribution is -2.32. The first-order valence-corrected chi connectivity index (χ1v) is 5.54. The number of aromatic hydroxyl groups is 2. The molecule has 1 rings (SSSR count). The zero-order valence-electron chi connectivity index (χ0n) is 10.2. The Morgan fingerprint density at radius 3 is 2.67 bits per heavy atom. The van der Waals surface area contributed by atoms with Gasteiger partial charge in [-0.25, -0.2) is 0 Å². The maximum absolute atomic E-state index is 10.8. The molecule has 5 heteroatoms.